The summed E-state index contributed by atoms with van der Waals surface area (Å²) in [5.74, 6) is 0. The van der Waals surface area contributed by atoms with Crippen LogP contribution in [0.3, 0.4) is 0 Å². The van der Waals surface area contributed by atoms with Crippen molar-refractivity contribution in [2.75, 3.05) is 4.90 Å². The van der Waals surface area contributed by atoms with Crippen molar-refractivity contribution in [2.24, 2.45) is 0 Å². The number of fused-ring (bicyclic) bond motifs is 9. The average Bonchev–Trinajstić information content (AvgIpc) is 3.94. The molecule has 304 valence electrons. The molecular formula is C62H40N2S. The van der Waals surface area contributed by atoms with Gasteiger partial charge >= 0.3 is 0 Å². The van der Waals surface area contributed by atoms with Gasteiger partial charge in [-0.2, -0.15) is 0 Å². The fourth-order valence-electron chi connectivity index (χ4n) is 10.2. The van der Waals surface area contributed by atoms with Crippen molar-refractivity contribution in [3.8, 4) is 39.1 Å². The molecule has 0 fully saturated rings. The van der Waals surface area contributed by atoms with Crippen molar-refractivity contribution < 1.29 is 0 Å². The van der Waals surface area contributed by atoms with E-state index in [-0.39, 0.29) is 0 Å². The first kappa shape index (κ1) is 37.3. The molecule has 13 aromatic rings. The van der Waals surface area contributed by atoms with E-state index in [9.17, 15) is 0 Å². The van der Waals surface area contributed by atoms with Crippen LogP contribution < -0.4 is 4.90 Å². The van der Waals surface area contributed by atoms with Gasteiger partial charge < -0.3 is 9.47 Å². The summed E-state index contributed by atoms with van der Waals surface area (Å²) in [6, 6.07) is 89.0. The maximum Gasteiger partial charge on any atom is 0.0555 e. The molecule has 0 saturated heterocycles. The number of anilines is 3. The van der Waals surface area contributed by atoms with E-state index >= 15 is 0 Å². The van der Waals surface area contributed by atoms with E-state index in [1.807, 2.05) is 11.3 Å². The van der Waals surface area contributed by atoms with Gasteiger partial charge in [-0.1, -0.05) is 176 Å². The van der Waals surface area contributed by atoms with E-state index < -0.39 is 0 Å². The molecule has 2 heterocycles. The molecule has 0 amide bonds. The Morgan fingerprint density at radius 2 is 0.892 bits per heavy atom. The van der Waals surface area contributed by atoms with Crippen molar-refractivity contribution in [2.45, 2.75) is 0 Å². The highest BCUT2D eigenvalue weighted by atomic mass is 32.1. The van der Waals surface area contributed by atoms with Gasteiger partial charge in [-0.3, -0.25) is 0 Å². The van der Waals surface area contributed by atoms with Crippen LogP contribution in [0.15, 0.2) is 243 Å². The Bertz CT molecular complexity index is 3920. The molecule has 0 aliphatic heterocycles. The first-order valence-electron chi connectivity index (χ1n) is 22.2. The van der Waals surface area contributed by atoms with Gasteiger partial charge in [0.1, 0.15) is 0 Å². The lowest BCUT2D eigenvalue weighted by Crippen LogP contribution is -2.11. The van der Waals surface area contributed by atoms with Gasteiger partial charge in [0, 0.05) is 48.0 Å². The Kier molecular flexibility index (Phi) is 8.75. The summed E-state index contributed by atoms with van der Waals surface area (Å²) >= 11 is 1.88. The summed E-state index contributed by atoms with van der Waals surface area (Å²) in [5, 5.41) is 10.1. The smallest absolute Gasteiger partial charge is 0.0555 e. The largest absolute Gasteiger partial charge is 0.310 e. The third kappa shape index (κ3) is 6.16. The lowest BCUT2D eigenvalue weighted by Gasteiger charge is -2.28. The summed E-state index contributed by atoms with van der Waals surface area (Å²) in [4.78, 5) is 2.49. The highest BCUT2D eigenvalue weighted by Gasteiger charge is 2.23. The second kappa shape index (κ2) is 15.2. The summed E-state index contributed by atoms with van der Waals surface area (Å²) in [7, 11) is 0. The summed E-state index contributed by atoms with van der Waals surface area (Å²) in [5.41, 5.74) is 14.1. The number of hydrogen-bond acceptors (Lipinski definition) is 2. The van der Waals surface area contributed by atoms with Gasteiger partial charge in [0.05, 0.1) is 16.7 Å². The normalized spacial score (nSPS) is 11.7. The Hall–Kier alpha value is -8.24. The fourth-order valence-corrected chi connectivity index (χ4v) is 11.5. The quantitative estimate of drug-likeness (QED) is 0.145. The van der Waals surface area contributed by atoms with Crippen molar-refractivity contribution in [1.82, 2.24) is 4.57 Å². The molecule has 11 aromatic carbocycles. The zero-order valence-electron chi connectivity index (χ0n) is 35.4. The van der Waals surface area contributed by atoms with Crippen LogP contribution in [-0.2, 0) is 0 Å². The molecule has 0 aliphatic rings. The zero-order valence-corrected chi connectivity index (χ0v) is 36.2. The van der Waals surface area contributed by atoms with E-state index in [2.05, 4.69) is 252 Å². The predicted octanol–water partition coefficient (Wildman–Crippen LogP) is 17.9. The van der Waals surface area contributed by atoms with Crippen molar-refractivity contribution >= 4 is 91.9 Å². The molecule has 3 heteroatoms. The molecule has 13 rings (SSSR count). The average molecular weight is 845 g/mol. The standard InChI is InChI=1S/C62H40N2S/c1-2-17-41(18-3-1)42-20-14-23-46(37-42)63(47-24-16-22-44(39-47)56-40-45-19-4-5-26-49(45)51-27-6-7-28-52(51)56)59-36-35-50(62-61(59)55-31-10-13-34-60(55)65-62)43-21-15-25-48(38-43)64-57-32-11-8-29-53(57)54-30-9-12-33-58(54)64/h1-40H. The lowest BCUT2D eigenvalue weighted by molar-refractivity contribution is 1.18. The minimum Gasteiger partial charge on any atom is -0.310 e. The van der Waals surface area contributed by atoms with E-state index in [4.69, 9.17) is 0 Å². The maximum absolute atomic E-state index is 2.49. The predicted molar refractivity (Wildman–Crippen MR) is 280 cm³/mol. The number of aromatic nitrogens is 1. The maximum atomic E-state index is 2.49. The zero-order chi connectivity index (χ0) is 42.8. The second-order valence-electron chi connectivity index (χ2n) is 16.8. The SMILES string of the molecule is c1ccc(-c2cccc(N(c3cccc(-c4cc5ccccc5c5ccccc45)c3)c3ccc(-c4cccc(-n5c6ccccc6c6ccccc65)c4)c4sc5ccccc5c34)c2)cc1. The molecule has 0 aliphatic carbocycles. The molecule has 0 saturated carbocycles. The van der Waals surface area contributed by atoms with E-state index in [0.717, 1.165) is 22.7 Å². The Morgan fingerprint density at radius 3 is 1.65 bits per heavy atom. The minimum atomic E-state index is 1.10. The van der Waals surface area contributed by atoms with Crippen molar-refractivity contribution in [3.05, 3.63) is 243 Å². The van der Waals surface area contributed by atoms with Crippen molar-refractivity contribution in [1.29, 1.82) is 0 Å². The highest BCUT2D eigenvalue weighted by Crippen LogP contribution is 2.49. The lowest BCUT2D eigenvalue weighted by atomic mass is 9.93. The number of benzene rings is 11. The summed E-state index contributed by atoms with van der Waals surface area (Å²) < 4.78 is 4.95. The van der Waals surface area contributed by atoms with Crippen LogP contribution in [0.4, 0.5) is 17.1 Å². The molecule has 2 nitrogen and oxygen atoms in total. The first-order valence-corrected chi connectivity index (χ1v) is 23.1. The first-order chi connectivity index (χ1) is 32.2. The molecule has 2 aromatic heterocycles. The summed E-state index contributed by atoms with van der Waals surface area (Å²) in [6.07, 6.45) is 0. The van der Waals surface area contributed by atoms with Gasteiger partial charge in [0.25, 0.3) is 0 Å². The number of thiophene rings is 1. The van der Waals surface area contributed by atoms with Gasteiger partial charge in [-0.25, -0.2) is 0 Å². The van der Waals surface area contributed by atoms with Crippen molar-refractivity contribution in [3.63, 3.8) is 0 Å². The van der Waals surface area contributed by atoms with Crippen LogP contribution in [0, 0.1) is 0 Å². The van der Waals surface area contributed by atoms with Gasteiger partial charge in [0.2, 0.25) is 0 Å². The monoisotopic (exact) mass is 844 g/mol. The molecule has 0 bridgehead atoms. The third-order valence-electron chi connectivity index (χ3n) is 13.1. The van der Waals surface area contributed by atoms with E-state index in [0.29, 0.717) is 0 Å². The highest BCUT2D eigenvalue weighted by molar-refractivity contribution is 7.26. The Labute approximate surface area is 381 Å². The van der Waals surface area contributed by atoms with Crippen LogP contribution >= 0.6 is 11.3 Å². The van der Waals surface area contributed by atoms with E-state index in [1.54, 1.807) is 0 Å². The molecule has 0 spiro atoms. The number of rotatable bonds is 7. The van der Waals surface area contributed by atoms with Crippen LogP contribution in [0.1, 0.15) is 0 Å². The third-order valence-corrected chi connectivity index (χ3v) is 14.3. The molecule has 0 atom stereocenters. The second-order valence-corrected chi connectivity index (χ2v) is 17.9. The fraction of sp³-hybridized carbons (Fsp3) is 0. The van der Waals surface area contributed by atoms with E-state index in [1.165, 1.54) is 96.9 Å². The topological polar surface area (TPSA) is 8.17 Å². The molecule has 0 unspecified atom stereocenters. The molecule has 0 radical (unpaired) electrons. The number of nitrogens with zero attached hydrogens (tertiary/aromatic N) is 2. The molecule has 65 heavy (non-hydrogen) atoms. The molecular weight excluding hydrogens is 805 g/mol. The van der Waals surface area contributed by atoms with Crippen LogP contribution in [0.2, 0.25) is 0 Å². The number of para-hydroxylation sites is 2. The van der Waals surface area contributed by atoms with Crippen LogP contribution in [0.5, 0.6) is 0 Å². The van der Waals surface area contributed by atoms with Gasteiger partial charge in [-0.15, -0.1) is 11.3 Å². The number of hydrogen-bond donors (Lipinski definition) is 0. The minimum absolute atomic E-state index is 1.10. The van der Waals surface area contributed by atoms with Crippen LogP contribution in [-0.4, -0.2) is 4.57 Å². The Morgan fingerprint density at radius 1 is 0.338 bits per heavy atom. The van der Waals surface area contributed by atoms with Gasteiger partial charge in [0.15, 0.2) is 0 Å². The summed E-state index contributed by atoms with van der Waals surface area (Å²) in [6.45, 7) is 0. The van der Waals surface area contributed by atoms with Crippen LogP contribution in [0.25, 0.3) is 103 Å². The molecule has 0 N–H and O–H groups in total. The van der Waals surface area contributed by atoms with Gasteiger partial charge in [-0.05, 0) is 122 Å². The Balaban J connectivity index is 1.04.